The minimum Gasteiger partial charge on any atom is -0.378 e. The molecule has 5 atom stereocenters. The molecule has 0 radical (unpaired) electrons. The lowest BCUT2D eigenvalue weighted by molar-refractivity contribution is -0.135. The minimum atomic E-state index is -3.57. The fraction of sp³-hybridized carbons (Fsp3) is 0.714. The zero-order valence-electron chi connectivity index (χ0n) is 17.3. The number of rotatable bonds is 6. The maximum absolute atomic E-state index is 12.4. The van der Waals surface area contributed by atoms with Gasteiger partial charge < -0.3 is 10.1 Å². The van der Waals surface area contributed by atoms with Crippen molar-refractivity contribution in [1.29, 1.82) is 0 Å². The van der Waals surface area contributed by atoms with Crippen molar-refractivity contribution in [3.8, 4) is 0 Å². The Morgan fingerprint density at radius 3 is 2.86 bits per heavy atom. The van der Waals surface area contributed by atoms with Gasteiger partial charge in [0.15, 0.2) is 0 Å². The highest BCUT2D eigenvalue weighted by molar-refractivity contribution is 7.89. The van der Waals surface area contributed by atoms with E-state index in [2.05, 4.69) is 28.9 Å². The van der Waals surface area contributed by atoms with Crippen LogP contribution in [0.25, 0.3) is 0 Å². The fourth-order valence-corrected chi connectivity index (χ4v) is 7.33. The molecule has 1 spiro atoms. The maximum Gasteiger partial charge on any atom is 0.242 e. The van der Waals surface area contributed by atoms with Gasteiger partial charge in [-0.05, 0) is 60.5 Å². The topological polar surface area (TPSA) is 97.4 Å². The summed E-state index contributed by atoms with van der Waals surface area (Å²) in [6.45, 7) is 7.13. The van der Waals surface area contributed by atoms with Gasteiger partial charge in [0, 0.05) is 38.5 Å². The standard InChI is InChI=1S/C21H31N3O4S/c1-14(25)24-19-20(2,3)15-11-17-18(28-10-7-21(17,19)12-15)6-9-23-29(26,27)16-5-4-8-22-13-16/h4-5,8,13,15,17-19,23H,6-7,9-12H2,1-3H3,(H,24,25)/t15-,17-,18-,19+,21?/m1/s1. The number of nitrogens with zero attached hydrogens (tertiary/aromatic N) is 1. The summed E-state index contributed by atoms with van der Waals surface area (Å²) in [6.07, 6.45) is 6.71. The quantitative estimate of drug-likeness (QED) is 0.733. The Labute approximate surface area is 173 Å². The van der Waals surface area contributed by atoms with Gasteiger partial charge >= 0.3 is 0 Å². The molecule has 3 aliphatic rings. The summed E-state index contributed by atoms with van der Waals surface area (Å²) in [6, 6.07) is 3.30. The molecule has 1 unspecified atom stereocenters. The summed E-state index contributed by atoms with van der Waals surface area (Å²) in [5.74, 6) is 0.936. The number of hydrogen-bond acceptors (Lipinski definition) is 5. The summed E-state index contributed by atoms with van der Waals surface area (Å²) in [5.41, 5.74) is 0.136. The van der Waals surface area contributed by atoms with Crippen molar-refractivity contribution in [2.24, 2.45) is 22.7 Å². The van der Waals surface area contributed by atoms with Crippen LogP contribution in [0.2, 0.25) is 0 Å². The number of aromatic nitrogens is 1. The van der Waals surface area contributed by atoms with Gasteiger partial charge in [0.05, 0.1) is 6.10 Å². The van der Waals surface area contributed by atoms with E-state index in [9.17, 15) is 13.2 Å². The Bertz CT molecular complexity index is 873. The zero-order chi connectivity index (χ0) is 20.9. The molecule has 2 bridgehead atoms. The molecule has 1 aromatic rings. The molecule has 1 aliphatic heterocycles. The summed E-state index contributed by atoms with van der Waals surface area (Å²) in [7, 11) is -3.57. The first-order chi connectivity index (χ1) is 13.7. The number of pyridine rings is 1. The van der Waals surface area contributed by atoms with Crippen molar-refractivity contribution in [3.05, 3.63) is 24.5 Å². The van der Waals surface area contributed by atoms with Crippen LogP contribution in [0.5, 0.6) is 0 Å². The van der Waals surface area contributed by atoms with Crippen molar-refractivity contribution in [1.82, 2.24) is 15.0 Å². The van der Waals surface area contributed by atoms with Gasteiger partial charge in [-0.1, -0.05) is 13.8 Å². The van der Waals surface area contributed by atoms with Crippen molar-refractivity contribution in [2.45, 2.75) is 63.5 Å². The molecule has 160 valence electrons. The number of carbonyl (C=O) groups excluding carboxylic acids is 1. The van der Waals surface area contributed by atoms with Crippen LogP contribution in [-0.2, 0) is 19.6 Å². The summed E-state index contributed by atoms with van der Waals surface area (Å²) >= 11 is 0. The highest BCUT2D eigenvalue weighted by Gasteiger charge is 2.68. The molecule has 0 aromatic carbocycles. The summed E-state index contributed by atoms with van der Waals surface area (Å²) in [5, 5.41) is 3.26. The van der Waals surface area contributed by atoms with Gasteiger partial charge in [0.2, 0.25) is 15.9 Å². The molecule has 2 aliphatic carbocycles. The lowest BCUT2D eigenvalue weighted by atomic mass is 9.59. The first-order valence-electron chi connectivity index (χ1n) is 10.5. The van der Waals surface area contributed by atoms with E-state index in [-0.39, 0.29) is 33.8 Å². The average molecular weight is 422 g/mol. The number of sulfonamides is 1. The summed E-state index contributed by atoms with van der Waals surface area (Å²) < 4.78 is 33.7. The first-order valence-corrected chi connectivity index (χ1v) is 11.9. The van der Waals surface area contributed by atoms with Crippen LogP contribution in [0, 0.1) is 22.7 Å². The average Bonchev–Trinajstić information content (AvgIpc) is 3.16. The van der Waals surface area contributed by atoms with Crippen LogP contribution >= 0.6 is 0 Å². The summed E-state index contributed by atoms with van der Waals surface area (Å²) in [4.78, 5) is 16.0. The number of carbonyl (C=O) groups is 1. The Morgan fingerprint density at radius 1 is 1.38 bits per heavy atom. The Kier molecular flexibility index (Phi) is 5.24. The van der Waals surface area contributed by atoms with Crippen LogP contribution < -0.4 is 10.0 Å². The van der Waals surface area contributed by atoms with Crippen molar-refractivity contribution in [3.63, 3.8) is 0 Å². The largest absolute Gasteiger partial charge is 0.378 e. The van der Waals surface area contributed by atoms with Crippen LogP contribution in [0.1, 0.15) is 46.5 Å². The van der Waals surface area contributed by atoms with E-state index in [1.54, 1.807) is 19.2 Å². The maximum atomic E-state index is 12.4. The predicted octanol–water partition coefficient (Wildman–Crippen LogP) is 2.10. The molecular formula is C21H31N3O4S. The van der Waals surface area contributed by atoms with E-state index in [1.807, 2.05) is 0 Å². The van der Waals surface area contributed by atoms with E-state index in [0.717, 1.165) is 19.3 Å². The van der Waals surface area contributed by atoms with E-state index >= 15 is 0 Å². The predicted molar refractivity (Wildman–Crippen MR) is 108 cm³/mol. The molecule has 3 fully saturated rings. The molecule has 29 heavy (non-hydrogen) atoms. The van der Waals surface area contributed by atoms with E-state index < -0.39 is 10.0 Å². The fourth-order valence-electron chi connectivity index (χ4n) is 6.32. The molecule has 8 heteroatoms. The van der Waals surface area contributed by atoms with Crippen LogP contribution in [-0.4, -0.2) is 44.6 Å². The number of amides is 1. The van der Waals surface area contributed by atoms with Crippen LogP contribution in [0.15, 0.2) is 29.4 Å². The van der Waals surface area contributed by atoms with Crippen LogP contribution in [0.3, 0.4) is 0 Å². The Balaban J connectivity index is 1.45. The SMILES string of the molecule is CC(=O)N[C@H]1C(C)(C)[C@@H]2C[C@@H]3[C@@H](CCNS(=O)(=O)c4cccnc4)OCCC31C2. The highest BCUT2D eigenvalue weighted by Crippen LogP contribution is 2.68. The van der Waals surface area contributed by atoms with Crippen molar-refractivity contribution in [2.75, 3.05) is 13.2 Å². The molecule has 7 nitrogen and oxygen atoms in total. The van der Waals surface area contributed by atoms with E-state index in [4.69, 9.17) is 4.74 Å². The normalized spacial score (nSPS) is 35.3. The van der Waals surface area contributed by atoms with Gasteiger partial charge in [-0.15, -0.1) is 0 Å². The van der Waals surface area contributed by atoms with E-state index in [0.29, 0.717) is 31.4 Å². The first kappa shape index (κ1) is 20.8. The monoisotopic (exact) mass is 421 g/mol. The molecular weight excluding hydrogens is 390 g/mol. The number of nitrogens with one attached hydrogen (secondary N) is 2. The molecule has 4 rings (SSSR count). The third-order valence-corrected chi connectivity index (χ3v) is 9.08. The lowest BCUT2D eigenvalue weighted by Crippen LogP contribution is -2.60. The molecule has 1 saturated heterocycles. The van der Waals surface area contributed by atoms with E-state index in [1.165, 1.54) is 12.3 Å². The van der Waals surface area contributed by atoms with Gasteiger partial charge in [-0.3, -0.25) is 9.78 Å². The number of ether oxygens (including phenoxy) is 1. The minimum absolute atomic E-state index is 0.0118. The van der Waals surface area contributed by atoms with Gasteiger partial charge in [-0.25, -0.2) is 13.1 Å². The second-order valence-electron chi connectivity index (χ2n) is 9.47. The molecule has 2 saturated carbocycles. The third kappa shape index (κ3) is 3.49. The number of hydrogen-bond donors (Lipinski definition) is 2. The zero-order valence-corrected chi connectivity index (χ0v) is 18.2. The molecule has 1 amide bonds. The van der Waals surface area contributed by atoms with Crippen molar-refractivity contribution < 1.29 is 17.9 Å². The molecule has 2 heterocycles. The molecule has 1 aromatic heterocycles. The second-order valence-corrected chi connectivity index (χ2v) is 11.2. The third-order valence-electron chi connectivity index (χ3n) is 7.64. The van der Waals surface area contributed by atoms with Crippen molar-refractivity contribution >= 4 is 15.9 Å². The van der Waals surface area contributed by atoms with Crippen LogP contribution in [0.4, 0.5) is 0 Å². The number of fused-ring (bicyclic) bond motifs is 1. The Hall–Kier alpha value is -1.51. The Morgan fingerprint density at radius 2 is 2.17 bits per heavy atom. The second kappa shape index (κ2) is 7.32. The van der Waals surface area contributed by atoms with Gasteiger partial charge in [0.1, 0.15) is 4.90 Å². The smallest absolute Gasteiger partial charge is 0.242 e. The van der Waals surface area contributed by atoms with Gasteiger partial charge in [0.25, 0.3) is 0 Å². The lowest BCUT2D eigenvalue weighted by Gasteiger charge is -2.53. The molecule has 2 N–H and O–H groups in total. The highest BCUT2D eigenvalue weighted by atomic mass is 32.2. The van der Waals surface area contributed by atoms with Gasteiger partial charge in [-0.2, -0.15) is 0 Å².